The molecule has 0 aliphatic carbocycles. The number of piperazine rings is 1. The molecule has 2 aliphatic heterocycles. The van der Waals surface area contributed by atoms with E-state index in [1.165, 1.54) is 0 Å². The van der Waals surface area contributed by atoms with Gasteiger partial charge in [-0.05, 0) is 44.2 Å². The first-order chi connectivity index (χ1) is 12.5. The molecule has 0 spiro atoms. The topological polar surface area (TPSA) is 80.1 Å². The Hall–Kier alpha value is -0.800. The van der Waals surface area contributed by atoms with Gasteiger partial charge in [0.15, 0.2) is 0 Å². The number of likely N-dealkylation sites (N-methyl/N-ethyl adjacent to an activating group) is 1. The van der Waals surface area contributed by atoms with Crippen LogP contribution in [0, 0.1) is 0 Å². The van der Waals surface area contributed by atoms with Gasteiger partial charge in [0.25, 0.3) is 0 Å². The van der Waals surface area contributed by atoms with Gasteiger partial charge in [-0.25, -0.2) is 0 Å². The SMILES string of the molecule is CN1CCN(CCOc2ccc(NC(=O)C3(N)CCOCC3)cc2)CC1.Cl.Cl.Cl. The number of nitrogens with two attached hydrogens (primary N) is 1. The largest absolute Gasteiger partial charge is 0.492 e. The fourth-order valence-corrected chi connectivity index (χ4v) is 3.22. The van der Waals surface area contributed by atoms with Crippen molar-refractivity contribution in [3.63, 3.8) is 0 Å². The number of carbonyl (C=O) groups excluding carboxylic acids is 1. The number of amides is 1. The van der Waals surface area contributed by atoms with Gasteiger partial charge >= 0.3 is 0 Å². The van der Waals surface area contributed by atoms with Crippen molar-refractivity contribution in [3.8, 4) is 5.75 Å². The standard InChI is InChI=1S/C19H30N4O3.3ClH/c1-22-8-10-23(11-9-22)12-15-26-17-4-2-16(3-5-17)21-18(24)19(20)6-13-25-14-7-19;;;/h2-5H,6-15,20H2,1H3,(H,21,24);3*1H. The Morgan fingerprint density at radius 2 is 1.69 bits per heavy atom. The molecule has 29 heavy (non-hydrogen) atoms. The fraction of sp³-hybridized carbons (Fsp3) is 0.632. The summed E-state index contributed by atoms with van der Waals surface area (Å²) in [5, 5.41) is 2.90. The van der Waals surface area contributed by atoms with Crippen molar-refractivity contribution in [2.45, 2.75) is 18.4 Å². The van der Waals surface area contributed by atoms with E-state index >= 15 is 0 Å². The maximum Gasteiger partial charge on any atom is 0.244 e. The predicted octanol–water partition coefficient (Wildman–Crippen LogP) is 2.02. The van der Waals surface area contributed by atoms with Crippen molar-refractivity contribution in [3.05, 3.63) is 24.3 Å². The Morgan fingerprint density at radius 3 is 2.28 bits per heavy atom. The summed E-state index contributed by atoms with van der Waals surface area (Å²) in [7, 11) is 2.16. The quantitative estimate of drug-likeness (QED) is 0.661. The highest BCUT2D eigenvalue weighted by atomic mass is 35.5. The van der Waals surface area contributed by atoms with Gasteiger partial charge in [0.1, 0.15) is 17.9 Å². The summed E-state index contributed by atoms with van der Waals surface area (Å²) in [5.41, 5.74) is 6.10. The van der Waals surface area contributed by atoms with E-state index in [0.717, 1.165) is 44.2 Å². The lowest BCUT2D eigenvalue weighted by Gasteiger charge is -2.32. The number of anilines is 1. The molecule has 10 heteroatoms. The van der Waals surface area contributed by atoms with Crippen molar-refractivity contribution < 1.29 is 14.3 Å². The molecule has 2 heterocycles. The summed E-state index contributed by atoms with van der Waals surface area (Å²) in [5.74, 6) is 0.662. The van der Waals surface area contributed by atoms with Crippen molar-refractivity contribution >= 4 is 48.8 Å². The Kier molecular flexibility index (Phi) is 13.1. The zero-order chi connectivity index (χ0) is 18.4. The minimum atomic E-state index is -0.837. The Morgan fingerprint density at radius 1 is 1.10 bits per heavy atom. The second-order valence-electron chi connectivity index (χ2n) is 7.24. The van der Waals surface area contributed by atoms with Crippen LogP contribution in [-0.4, -0.2) is 80.8 Å². The maximum absolute atomic E-state index is 12.4. The summed E-state index contributed by atoms with van der Waals surface area (Å²) in [6, 6.07) is 7.47. The molecular weight excluding hydrogens is 439 g/mol. The number of halogens is 3. The lowest BCUT2D eigenvalue weighted by molar-refractivity contribution is -0.124. The van der Waals surface area contributed by atoms with Crippen molar-refractivity contribution in [1.29, 1.82) is 0 Å². The first-order valence-electron chi connectivity index (χ1n) is 9.37. The van der Waals surface area contributed by atoms with E-state index in [4.69, 9.17) is 15.2 Å². The average Bonchev–Trinajstić information content (AvgIpc) is 2.65. The number of hydrogen-bond donors (Lipinski definition) is 2. The van der Waals surface area contributed by atoms with E-state index in [2.05, 4.69) is 22.2 Å². The van der Waals surface area contributed by atoms with E-state index in [1.807, 2.05) is 24.3 Å². The molecule has 1 aromatic rings. The molecule has 2 fully saturated rings. The molecule has 0 atom stereocenters. The molecule has 2 aliphatic rings. The van der Waals surface area contributed by atoms with Crippen molar-refractivity contribution in [2.24, 2.45) is 5.73 Å². The van der Waals surface area contributed by atoms with E-state index in [1.54, 1.807) is 0 Å². The molecule has 0 bridgehead atoms. The van der Waals surface area contributed by atoms with Crippen molar-refractivity contribution in [2.75, 3.05) is 64.9 Å². The first-order valence-corrected chi connectivity index (χ1v) is 9.37. The molecule has 3 rings (SSSR count). The van der Waals surface area contributed by atoms with Crippen LogP contribution in [0.4, 0.5) is 5.69 Å². The molecule has 0 aromatic heterocycles. The Balaban J connectivity index is 0.00000261. The van der Waals surface area contributed by atoms with Gasteiger partial charge in [0, 0.05) is 51.6 Å². The second kappa shape index (κ2) is 13.5. The van der Waals surface area contributed by atoms with E-state index in [-0.39, 0.29) is 43.1 Å². The molecule has 1 amide bonds. The molecule has 0 unspecified atom stereocenters. The van der Waals surface area contributed by atoms with Crippen LogP contribution in [0.25, 0.3) is 0 Å². The Bertz CT molecular complexity index is 593. The Labute approximate surface area is 191 Å². The zero-order valence-electron chi connectivity index (χ0n) is 16.8. The first kappa shape index (κ1) is 28.2. The van der Waals surface area contributed by atoms with E-state index < -0.39 is 5.54 Å². The normalized spacial score (nSPS) is 19.1. The number of rotatable bonds is 6. The molecule has 1 aromatic carbocycles. The molecular formula is C19H33Cl3N4O3. The summed E-state index contributed by atoms with van der Waals surface area (Å²) >= 11 is 0. The van der Waals surface area contributed by atoms with Crippen LogP contribution < -0.4 is 15.8 Å². The van der Waals surface area contributed by atoms with Crippen LogP contribution in [0.3, 0.4) is 0 Å². The fourth-order valence-electron chi connectivity index (χ4n) is 3.22. The van der Waals surface area contributed by atoms with Crippen LogP contribution >= 0.6 is 37.2 Å². The van der Waals surface area contributed by atoms with Gasteiger partial charge in [-0.2, -0.15) is 0 Å². The molecule has 168 valence electrons. The lowest BCUT2D eigenvalue weighted by atomic mass is 9.90. The van der Waals surface area contributed by atoms with Gasteiger partial charge in [0.2, 0.25) is 5.91 Å². The van der Waals surface area contributed by atoms with Crippen LogP contribution in [0.1, 0.15) is 12.8 Å². The predicted molar refractivity (Wildman–Crippen MR) is 123 cm³/mol. The van der Waals surface area contributed by atoms with Gasteiger partial charge in [-0.15, -0.1) is 37.2 Å². The van der Waals surface area contributed by atoms with Crippen LogP contribution in [0.2, 0.25) is 0 Å². The summed E-state index contributed by atoms with van der Waals surface area (Å²) in [4.78, 5) is 17.2. The number of benzene rings is 1. The maximum atomic E-state index is 12.4. The summed E-state index contributed by atoms with van der Waals surface area (Å²) in [6.45, 7) is 7.08. The number of carbonyl (C=O) groups is 1. The molecule has 3 N–H and O–H groups in total. The van der Waals surface area contributed by atoms with Gasteiger partial charge in [-0.1, -0.05) is 0 Å². The highest BCUT2D eigenvalue weighted by Crippen LogP contribution is 2.21. The molecule has 0 saturated carbocycles. The summed E-state index contributed by atoms with van der Waals surface area (Å²) < 4.78 is 11.1. The second-order valence-corrected chi connectivity index (χ2v) is 7.24. The lowest BCUT2D eigenvalue weighted by Crippen LogP contribution is -2.54. The van der Waals surface area contributed by atoms with E-state index in [9.17, 15) is 4.79 Å². The monoisotopic (exact) mass is 470 g/mol. The number of nitrogens with one attached hydrogen (secondary N) is 1. The van der Waals surface area contributed by atoms with E-state index in [0.29, 0.717) is 32.7 Å². The number of ether oxygens (including phenoxy) is 2. The smallest absolute Gasteiger partial charge is 0.244 e. The van der Waals surface area contributed by atoms with Gasteiger partial charge in [0.05, 0.1) is 0 Å². The highest BCUT2D eigenvalue weighted by Gasteiger charge is 2.35. The van der Waals surface area contributed by atoms with Crippen LogP contribution in [0.5, 0.6) is 5.75 Å². The summed E-state index contributed by atoms with van der Waals surface area (Å²) in [6.07, 6.45) is 1.10. The number of nitrogens with zero attached hydrogens (tertiary/aromatic N) is 2. The highest BCUT2D eigenvalue weighted by molar-refractivity contribution is 5.98. The van der Waals surface area contributed by atoms with Crippen LogP contribution in [0.15, 0.2) is 24.3 Å². The average molecular weight is 472 g/mol. The minimum Gasteiger partial charge on any atom is -0.492 e. The van der Waals surface area contributed by atoms with Gasteiger partial charge < -0.3 is 25.4 Å². The third kappa shape index (κ3) is 8.45. The molecule has 7 nitrogen and oxygen atoms in total. The third-order valence-electron chi connectivity index (χ3n) is 5.22. The third-order valence-corrected chi connectivity index (χ3v) is 5.22. The molecule has 0 radical (unpaired) electrons. The molecule has 2 saturated heterocycles. The zero-order valence-corrected chi connectivity index (χ0v) is 19.3. The number of hydrogen-bond acceptors (Lipinski definition) is 6. The van der Waals surface area contributed by atoms with Crippen molar-refractivity contribution in [1.82, 2.24) is 9.80 Å². The van der Waals surface area contributed by atoms with Gasteiger partial charge in [-0.3, -0.25) is 9.69 Å². The minimum absolute atomic E-state index is 0. The van der Waals surface area contributed by atoms with Crippen LogP contribution in [-0.2, 0) is 9.53 Å².